The lowest BCUT2D eigenvalue weighted by Crippen LogP contribution is -2.03. The number of nitrogens with two attached hydrogens (primary N) is 1. The second-order valence-corrected chi connectivity index (χ2v) is 5.11. The Kier molecular flexibility index (Phi) is 4.82. The fraction of sp³-hybridized carbons (Fsp3) is 0.200. The van der Waals surface area contributed by atoms with Gasteiger partial charge in [0.2, 0.25) is 0 Å². The predicted molar refractivity (Wildman–Crippen MR) is 79.3 cm³/mol. The lowest BCUT2D eigenvalue weighted by molar-refractivity contribution is 0.304. The first kappa shape index (κ1) is 13.9. The van der Waals surface area contributed by atoms with Crippen LogP contribution in [-0.4, -0.2) is 11.7 Å². The topological polar surface area (TPSA) is 55.5 Å². The van der Waals surface area contributed by atoms with Crippen LogP contribution in [0.1, 0.15) is 11.1 Å². The minimum absolute atomic E-state index is 0.260. The van der Waals surface area contributed by atoms with Crippen LogP contribution in [-0.2, 0) is 13.0 Å². The zero-order valence-electron chi connectivity index (χ0n) is 10.5. The Morgan fingerprint density at radius 3 is 2.37 bits per heavy atom. The lowest BCUT2D eigenvalue weighted by atomic mass is 10.1. The third-order valence-corrected chi connectivity index (χ3v) is 3.38. The molecule has 2 aromatic rings. The van der Waals surface area contributed by atoms with Gasteiger partial charge in [-0.3, -0.25) is 0 Å². The van der Waals surface area contributed by atoms with Gasteiger partial charge in [0, 0.05) is 0 Å². The lowest BCUT2D eigenvalue weighted by Gasteiger charge is -2.09. The summed E-state index contributed by atoms with van der Waals surface area (Å²) >= 11 is 3.50. The van der Waals surface area contributed by atoms with E-state index in [0.717, 1.165) is 22.2 Å². The van der Waals surface area contributed by atoms with Crippen LogP contribution in [0.3, 0.4) is 0 Å². The molecule has 0 heterocycles. The number of hydrogen-bond acceptors (Lipinski definition) is 3. The summed E-state index contributed by atoms with van der Waals surface area (Å²) in [5.74, 6) is 1.06. The van der Waals surface area contributed by atoms with Crippen LogP contribution in [0, 0.1) is 0 Å². The molecule has 0 bridgehead atoms. The molecule has 0 radical (unpaired) electrons. The summed E-state index contributed by atoms with van der Waals surface area (Å²) < 4.78 is 6.66. The molecule has 0 fully saturated rings. The molecule has 2 aromatic carbocycles. The SMILES string of the molecule is NCCc1ccc(OCc2ccc(O)cc2)c(Br)c1. The van der Waals surface area contributed by atoms with Gasteiger partial charge >= 0.3 is 0 Å². The van der Waals surface area contributed by atoms with Crippen LogP contribution in [0.2, 0.25) is 0 Å². The molecule has 0 spiro atoms. The van der Waals surface area contributed by atoms with Gasteiger partial charge in [-0.25, -0.2) is 0 Å². The summed E-state index contributed by atoms with van der Waals surface area (Å²) in [7, 11) is 0. The number of phenols is 1. The average molecular weight is 322 g/mol. The highest BCUT2D eigenvalue weighted by Gasteiger charge is 2.03. The third-order valence-electron chi connectivity index (χ3n) is 2.76. The third kappa shape index (κ3) is 3.98. The Labute approximate surface area is 121 Å². The van der Waals surface area contributed by atoms with Gasteiger partial charge in [-0.1, -0.05) is 18.2 Å². The van der Waals surface area contributed by atoms with Gasteiger partial charge in [0.25, 0.3) is 0 Å². The second-order valence-electron chi connectivity index (χ2n) is 4.26. The first-order valence-electron chi connectivity index (χ1n) is 6.08. The standard InChI is InChI=1S/C15H16BrNO2/c16-14-9-11(7-8-17)3-6-15(14)19-10-12-1-4-13(18)5-2-12/h1-6,9,18H,7-8,10,17H2. The fourth-order valence-electron chi connectivity index (χ4n) is 1.74. The van der Waals surface area contributed by atoms with Crippen molar-refractivity contribution < 1.29 is 9.84 Å². The Hall–Kier alpha value is -1.52. The van der Waals surface area contributed by atoms with Crippen molar-refractivity contribution in [1.82, 2.24) is 0 Å². The quantitative estimate of drug-likeness (QED) is 0.888. The number of ether oxygens (including phenoxy) is 1. The highest BCUT2D eigenvalue weighted by Crippen LogP contribution is 2.27. The van der Waals surface area contributed by atoms with E-state index >= 15 is 0 Å². The highest BCUT2D eigenvalue weighted by atomic mass is 79.9. The molecule has 0 unspecified atom stereocenters. The van der Waals surface area contributed by atoms with E-state index in [2.05, 4.69) is 15.9 Å². The molecule has 0 aromatic heterocycles. The maximum Gasteiger partial charge on any atom is 0.134 e. The molecular formula is C15H16BrNO2. The molecule has 0 aliphatic carbocycles. The zero-order chi connectivity index (χ0) is 13.7. The van der Waals surface area contributed by atoms with E-state index in [4.69, 9.17) is 10.5 Å². The summed E-state index contributed by atoms with van der Waals surface area (Å²) in [5, 5.41) is 9.21. The van der Waals surface area contributed by atoms with Gasteiger partial charge in [-0.2, -0.15) is 0 Å². The number of phenolic OH excluding ortho intramolecular Hbond substituents is 1. The number of halogens is 1. The second kappa shape index (κ2) is 6.59. The molecule has 100 valence electrons. The number of rotatable bonds is 5. The Balaban J connectivity index is 2.01. The van der Waals surface area contributed by atoms with E-state index in [0.29, 0.717) is 13.2 Å². The first-order valence-corrected chi connectivity index (χ1v) is 6.87. The molecule has 4 heteroatoms. The normalized spacial score (nSPS) is 10.4. The number of aromatic hydroxyl groups is 1. The molecule has 0 aliphatic heterocycles. The molecular weight excluding hydrogens is 306 g/mol. The van der Waals surface area contributed by atoms with E-state index in [1.807, 2.05) is 30.3 Å². The van der Waals surface area contributed by atoms with Gasteiger partial charge < -0.3 is 15.6 Å². The molecule has 3 N–H and O–H groups in total. The Bertz CT molecular complexity index is 540. The van der Waals surface area contributed by atoms with E-state index < -0.39 is 0 Å². The minimum Gasteiger partial charge on any atom is -0.508 e. The van der Waals surface area contributed by atoms with Crippen LogP contribution in [0.15, 0.2) is 46.9 Å². The van der Waals surface area contributed by atoms with Crippen LogP contribution in [0.5, 0.6) is 11.5 Å². The highest BCUT2D eigenvalue weighted by molar-refractivity contribution is 9.10. The van der Waals surface area contributed by atoms with E-state index in [1.165, 1.54) is 5.56 Å². The summed E-state index contributed by atoms with van der Waals surface area (Å²) in [6.45, 7) is 1.11. The molecule has 2 rings (SSSR count). The largest absolute Gasteiger partial charge is 0.508 e. The van der Waals surface area contributed by atoms with Crippen molar-refractivity contribution >= 4 is 15.9 Å². The van der Waals surface area contributed by atoms with Gasteiger partial charge in [-0.05, 0) is 64.3 Å². The van der Waals surface area contributed by atoms with E-state index in [-0.39, 0.29) is 5.75 Å². The van der Waals surface area contributed by atoms with Crippen molar-refractivity contribution in [2.24, 2.45) is 5.73 Å². The van der Waals surface area contributed by atoms with Crippen molar-refractivity contribution in [3.8, 4) is 11.5 Å². The predicted octanol–water partition coefficient (Wildman–Crippen LogP) is 3.23. The molecule has 0 saturated heterocycles. The van der Waals surface area contributed by atoms with Crippen LogP contribution in [0.25, 0.3) is 0 Å². The van der Waals surface area contributed by atoms with Crippen LogP contribution in [0.4, 0.5) is 0 Å². The molecule has 0 aliphatic rings. The monoisotopic (exact) mass is 321 g/mol. The number of hydrogen-bond donors (Lipinski definition) is 2. The van der Waals surface area contributed by atoms with Crippen molar-refractivity contribution in [3.05, 3.63) is 58.1 Å². The molecule has 0 saturated carbocycles. The summed E-state index contributed by atoms with van der Waals surface area (Å²) in [6, 6.07) is 13.0. The molecule has 3 nitrogen and oxygen atoms in total. The van der Waals surface area contributed by atoms with Crippen molar-refractivity contribution in [1.29, 1.82) is 0 Å². The zero-order valence-corrected chi connectivity index (χ0v) is 12.1. The minimum atomic E-state index is 0.260. The molecule has 0 amide bonds. The smallest absolute Gasteiger partial charge is 0.134 e. The fourth-order valence-corrected chi connectivity index (χ4v) is 2.28. The first-order chi connectivity index (χ1) is 9.19. The van der Waals surface area contributed by atoms with Crippen molar-refractivity contribution in [2.45, 2.75) is 13.0 Å². The summed E-state index contributed by atoms with van der Waals surface area (Å²) in [6.07, 6.45) is 0.858. The van der Waals surface area contributed by atoms with Crippen LogP contribution >= 0.6 is 15.9 Å². The van der Waals surface area contributed by atoms with E-state index in [1.54, 1.807) is 12.1 Å². The molecule has 19 heavy (non-hydrogen) atoms. The summed E-state index contributed by atoms with van der Waals surface area (Å²) in [4.78, 5) is 0. The van der Waals surface area contributed by atoms with Gasteiger partial charge in [-0.15, -0.1) is 0 Å². The summed E-state index contributed by atoms with van der Waals surface area (Å²) in [5.41, 5.74) is 7.72. The van der Waals surface area contributed by atoms with Crippen molar-refractivity contribution in [3.63, 3.8) is 0 Å². The van der Waals surface area contributed by atoms with Crippen molar-refractivity contribution in [2.75, 3.05) is 6.54 Å². The maximum atomic E-state index is 9.21. The van der Waals surface area contributed by atoms with E-state index in [9.17, 15) is 5.11 Å². The van der Waals surface area contributed by atoms with Gasteiger partial charge in [0.1, 0.15) is 18.1 Å². The average Bonchev–Trinajstić information content (AvgIpc) is 2.40. The number of benzene rings is 2. The van der Waals surface area contributed by atoms with Crippen LogP contribution < -0.4 is 10.5 Å². The van der Waals surface area contributed by atoms with Gasteiger partial charge in [0.15, 0.2) is 0 Å². The Morgan fingerprint density at radius 2 is 1.74 bits per heavy atom. The maximum absolute atomic E-state index is 9.21. The Morgan fingerprint density at radius 1 is 1.05 bits per heavy atom. The molecule has 0 atom stereocenters. The van der Waals surface area contributed by atoms with Gasteiger partial charge in [0.05, 0.1) is 4.47 Å².